The Hall–Kier alpha value is -2.22. The number of rotatable bonds is 5. The molecule has 0 aliphatic carbocycles. The quantitative estimate of drug-likeness (QED) is 0.869. The third kappa shape index (κ3) is 3.42. The van der Waals surface area contributed by atoms with Gasteiger partial charge in [-0.15, -0.1) is 10.2 Å². The number of hydrogen-bond donors (Lipinski definition) is 2. The van der Waals surface area contributed by atoms with Gasteiger partial charge in [0.25, 0.3) is 0 Å². The van der Waals surface area contributed by atoms with Crippen LogP contribution in [0.1, 0.15) is 50.1 Å². The highest BCUT2D eigenvalue weighted by Gasteiger charge is 2.23. The molecule has 1 aliphatic rings. The molecule has 0 unspecified atom stereocenters. The monoisotopic (exact) mass is 318 g/mol. The van der Waals surface area contributed by atoms with Crippen molar-refractivity contribution in [3.8, 4) is 0 Å². The number of amides is 1. The van der Waals surface area contributed by atoms with Crippen molar-refractivity contribution in [1.82, 2.24) is 25.2 Å². The number of carbonyl (C=O) groups is 1. The highest BCUT2D eigenvalue weighted by atomic mass is 16.5. The van der Waals surface area contributed by atoms with Gasteiger partial charge in [0.1, 0.15) is 11.6 Å². The molecule has 0 spiro atoms. The van der Waals surface area contributed by atoms with Crippen molar-refractivity contribution in [2.24, 2.45) is 0 Å². The Balaban J connectivity index is 1.61. The van der Waals surface area contributed by atoms with Crippen LogP contribution in [0.2, 0.25) is 0 Å². The number of aromatic nitrogens is 4. The van der Waals surface area contributed by atoms with Crippen molar-refractivity contribution in [2.75, 3.05) is 5.32 Å². The zero-order valence-corrected chi connectivity index (χ0v) is 13.7. The summed E-state index contributed by atoms with van der Waals surface area (Å²) in [6, 6.07) is 1.22. The molecule has 2 aromatic heterocycles. The van der Waals surface area contributed by atoms with Crippen molar-refractivity contribution in [3.05, 3.63) is 23.4 Å². The molecule has 23 heavy (non-hydrogen) atoms. The minimum atomic E-state index is -0.396. The summed E-state index contributed by atoms with van der Waals surface area (Å²) in [6.45, 7) is 6.55. The standard InChI is InChI=1S/C15H22N6O2/c1-9-8-13(23-20-9)17-15(22)11(3)16-10(2)14-19-18-12-6-4-5-7-21(12)14/h8,10-11,16H,4-7H2,1-3H3,(H,17,22)/t10-,11-/m1/s1. The maximum atomic E-state index is 12.2. The first-order valence-corrected chi connectivity index (χ1v) is 7.97. The zero-order valence-electron chi connectivity index (χ0n) is 13.7. The van der Waals surface area contributed by atoms with Gasteiger partial charge in [0.2, 0.25) is 11.8 Å². The first kappa shape index (κ1) is 15.7. The summed E-state index contributed by atoms with van der Waals surface area (Å²) >= 11 is 0. The van der Waals surface area contributed by atoms with E-state index >= 15 is 0 Å². The molecule has 8 nitrogen and oxygen atoms in total. The molecule has 0 saturated heterocycles. The maximum Gasteiger partial charge on any atom is 0.243 e. The molecule has 0 fully saturated rings. The number of fused-ring (bicyclic) bond motifs is 1. The second-order valence-corrected chi connectivity index (χ2v) is 6.02. The minimum Gasteiger partial charge on any atom is -0.338 e. The topological polar surface area (TPSA) is 97.9 Å². The van der Waals surface area contributed by atoms with Gasteiger partial charge < -0.3 is 9.09 Å². The molecule has 3 rings (SSSR count). The molecule has 0 bridgehead atoms. The van der Waals surface area contributed by atoms with Crippen molar-refractivity contribution in [1.29, 1.82) is 0 Å². The second kappa shape index (κ2) is 6.49. The molecular weight excluding hydrogens is 296 g/mol. The Morgan fingerprint density at radius 3 is 2.91 bits per heavy atom. The Kier molecular flexibility index (Phi) is 4.42. The minimum absolute atomic E-state index is 0.0634. The maximum absolute atomic E-state index is 12.2. The Morgan fingerprint density at radius 1 is 1.35 bits per heavy atom. The Bertz CT molecular complexity index is 692. The van der Waals surface area contributed by atoms with E-state index in [1.165, 1.54) is 0 Å². The highest BCUT2D eigenvalue weighted by Crippen LogP contribution is 2.19. The van der Waals surface area contributed by atoms with Crippen LogP contribution in [-0.2, 0) is 17.8 Å². The number of anilines is 1. The largest absolute Gasteiger partial charge is 0.338 e. The molecule has 8 heteroatoms. The lowest BCUT2D eigenvalue weighted by Crippen LogP contribution is -2.40. The number of carbonyl (C=O) groups excluding carboxylic acids is 1. The van der Waals surface area contributed by atoms with Crippen LogP contribution in [0.4, 0.5) is 5.88 Å². The van der Waals surface area contributed by atoms with Crippen molar-refractivity contribution in [3.63, 3.8) is 0 Å². The molecule has 124 valence electrons. The fourth-order valence-electron chi connectivity index (χ4n) is 2.83. The van der Waals surface area contributed by atoms with E-state index in [2.05, 4.69) is 30.6 Å². The van der Waals surface area contributed by atoms with Crippen molar-refractivity contribution in [2.45, 2.75) is 58.7 Å². The van der Waals surface area contributed by atoms with Crippen LogP contribution in [0.15, 0.2) is 10.6 Å². The number of nitrogens with zero attached hydrogens (tertiary/aromatic N) is 4. The summed E-state index contributed by atoms with van der Waals surface area (Å²) in [5, 5.41) is 18.2. The van der Waals surface area contributed by atoms with E-state index in [4.69, 9.17) is 4.52 Å². The molecule has 3 heterocycles. The predicted molar refractivity (Wildman–Crippen MR) is 83.8 cm³/mol. The van der Waals surface area contributed by atoms with Crippen LogP contribution in [0.5, 0.6) is 0 Å². The summed E-state index contributed by atoms with van der Waals surface area (Å²) in [6.07, 6.45) is 3.28. The van der Waals surface area contributed by atoms with Gasteiger partial charge in [0, 0.05) is 19.0 Å². The normalized spacial score (nSPS) is 16.7. The SMILES string of the molecule is Cc1cc(NC(=O)[C@@H](C)N[C@H](C)c2nnc3n2CCCC3)on1. The van der Waals surface area contributed by atoms with E-state index in [1.54, 1.807) is 13.0 Å². The van der Waals surface area contributed by atoms with Gasteiger partial charge in [-0.25, -0.2) is 0 Å². The first-order chi connectivity index (χ1) is 11.0. The molecule has 0 radical (unpaired) electrons. The van der Waals surface area contributed by atoms with Crippen LogP contribution in [0, 0.1) is 6.92 Å². The summed E-state index contributed by atoms with van der Waals surface area (Å²) in [4.78, 5) is 12.2. The zero-order chi connectivity index (χ0) is 16.4. The molecule has 0 saturated carbocycles. The van der Waals surface area contributed by atoms with E-state index in [-0.39, 0.29) is 11.9 Å². The van der Waals surface area contributed by atoms with Gasteiger partial charge in [-0.1, -0.05) is 5.16 Å². The lowest BCUT2D eigenvalue weighted by atomic mass is 10.1. The van der Waals surface area contributed by atoms with Gasteiger partial charge in [-0.2, -0.15) is 0 Å². The summed E-state index contributed by atoms with van der Waals surface area (Å²) < 4.78 is 7.16. The number of nitrogens with one attached hydrogen (secondary N) is 2. The molecule has 2 atom stereocenters. The molecule has 0 aromatic carbocycles. The molecule has 1 amide bonds. The first-order valence-electron chi connectivity index (χ1n) is 7.97. The van der Waals surface area contributed by atoms with E-state index in [9.17, 15) is 4.79 Å². The average Bonchev–Trinajstić information content (AvgIpc) is 3.13. The Morgan fingerprint density at radius 2 is 2.17 bits per heavy atom. The molecular formula is C15H22N6O2. The van der Waals surface area contributed by atoms with E-state index in [0.717, 1.165) is 43.1 Å². The summed E-state index contributed by atoms with van der Waals surface area (Å²) in [5.74, 6) is 2.10. The number of aryl methyl sites for hydroxylation is 2. The number of hydrogen-bond acceptors (Lipinski definition) is 6. The molecule has 2 aromatic rings. The van der Waals surface area contributed by atoms with E-state index < -0.39 is 6.04 Å². The van der Waals surface area contributed by atoms with Gasteiger partial charge in [0.05, 0.1) is 17.8 Å². The summed E-state index contributed by atoms with van der Waals surface area (Å²) in [5.41, 5.74) is 0.726. The predicted octanol–water partition coefficient (Wildman–Crippen LogP) is 1.59. The van der Waals surface area contributed by atoms with Crippen LogP contribution < -0.4 is 10.6 Å². The van der Waals surface area contributed by atoms with Crippen molar-refractivity contribution >= 4 is 11.8 Å². The van der Waals surface area contributed by atoms with Crippen molar-refractivity contribution < 1.29 is 9.32 Å². The fraction of sp³-hybridized carbons (Fsp3) is 0.600. The lowest BCUT2D eigenvalue weighted by Gasteiger charge is -2.21. The second-order valence-electron chi connectivity index (χ2n) is 6.02. The van der Waals surface area contributed by atoms with E-state index in [1.807, 2.05) is 13.8 Å². The van der Waals surface area contributed by atoms with Crippen LogP contribution >= 0.6 is 0 Å². The van der Waals surface area contributed by atoms with Crippen LogP contribution in [0.3, 0.4) is 0 Å². The Labute approximate surface area is 134 Å². The van der Waals surface area contributed by atoms with Crippen LogP contribution in [0.25, 0.3) is 0 Å². The highest BCUT2D eigenvalue weighted by molar-refractivity contribution is 5.93. The van der Waals surface area contributed by atoms with E-state index in [0.29, 0.717) is 5.88 Å². The average molecular weight is 318 g/mol. The van der Waals surface area contributed by atoms with Gasteiger partial charge in [-0.05, 0) is 33.6 Å². The smallest absolute Gasteiger partial charge is 0.243 e. The lowest BCUT2D eigenvalue weighted by molar-refractivity contribution is -0.118. The third-order valence-corrected chi connectivity index (χ3v) is 4.04. The molecule has 2 N–H and O–H groups in total. The third-order valence-electron chi connectivity index (χ3n) is 4.04. The molecule has 1 aliphatic heterocycles. The van der Waals surface area contributed by atoms with Crippen LogP contribution in [-0.4, -0.2) is 31.9 Å². The summed E-state index contributed by atoms with van der Waals surface area (Å²) in [7, 11) is 0. The van der Waals surface area contributed by atoms with Gasteiger partial charge in [0.15, 0.2) is 0 Å². The fourth-order valence-corrected chi connectivity index (χ4v) is 2.83. The van der Waals surface area contributed by atoms with Gasteiger partial charge >= 0.3 is 0 Å². The van der Waals surface area contributed by atoms with Gasteiger partial charge in [-0.3, -0.25) is 15.4 Å².